The predicted molar refractivity (Wildman–Crippen MR) is 55.1 cm³/mol. The summed E-state index contributed by atoms with van der Waals surface area (Å²) in [6.07, 6.45) is 3.89. The molecule has 1 aromatic rings. The topological polar surface area (TPSA) is 22.1 Å². The fraction of sp³-hybridized carbons (Fsp3) is 0.500. The molecule has 1 aliphatic carbocycles. The summed E-state index contributed by atoms with van der Waals surface area (Å²) in [5, 5.41) is 0. The van der Waals surface area contributed by atoms with Crippen LogP contribution in [0.1, 0.15) is 30.9 Å². The molecule has 0 spiro atoms. The Morgan fingerprint density at radius 2 is 2.23 bits per heavy atom. The van der Waals surface area contributed by atoms with Crippen LogP contribution in [0.25, 0.3) is 0 Å². The molecule has 1 aliphatic rings. The Kier molecular flexibility index (Phi) is 2.54. The predicted octanol–water partition coefficient (Wildman–Crippen LogP) is 3.12. The van der Waals surface area contributed by atoms with Crippen LogP contribution >= 0.6 is 15.9 Å². The van der Waals surface area contributed by atoms with Crippen LogP contribution in [-0.4, -0.2) is 12.1 Å². The first-order valence-electron chi connectivity index (χ1n) is 4.51. The summed E-state index contributed by atoms with van der Waals surface area (Å²) in [5.74, 6) is 1.37. The van der Waals surface area contributed by atoms with E-state index >= 15 is 0 Å². The Morgan fingerprint density at radius 3 is 2.77 bits per heavy atom. The molecule has 0 N–H and O–H groups in total. The highest BCUT2D eigenvalue weighted by Gasteiger charge is 2.21. The quantitative estimate of drug-likeness (QED) is 0.794. The minimum absolute atomic E-state index is 0.669. The second kappa shape index (κ2) is 3.66. The largest absolute Gasteiger partial charge is 0.480 e. The average Bonchev–Trinajstić information content (AvgIpc) is 2.05. The summed E-state index contributed by atoms with van der Waals surface area (Å²) in [4.78, 5) is 4.44. The van der Waals surface area contributed by atoms with Crippen molar-refractivity contribution in [2.24, 2.45) is 0 Å². The van der Waals surface area contributed by atoms with Crippen molar-refractivity contribution in [3.05, 3.63) is 22.3 Å². The Labute approximate surface area is 86.5 Å². The molecule has 0 unspecified atom stereocenters. The van der Waals surface area contributed by atoms with Crippen LogP contribution in [0.5, 0.6) is 5.88 Å². The maximum absolute atomic E-state index is 5.15. The van der Waals surface area contributed by atoms with Gasteiger partial charge < -0.3 is 4.74 Å². The normalized spacial score (nSPS) is 16.8. The Hall–Kier alpha value is -0.570. The Bertz CT molecular complexity index is 310. The molecule has 0 aromatic carbocycles. The SMILES string of the molecule is COc1nc(C2CCC2)ccc1Br. The number of methoxy groups -OCH3 is 1. The van der Waals surface area contributed by atoms with Crippen molar-refractivity contribution in [2.45, 2.75) is 25.2 Å². The summed E-state index contributed by atoms with van der Waals surface area (Å²) in [7, 11) is 1.65. The zero-order chi connectivity index (χ0) is 9.26. The number of pyridine rings is 1. The Balaban J connectivity index is 2.26. The van der Waals surface area contributed by atoms with E-state index in [1.807, 2.05) is 6.07 Å². The molecule has 2 nitrogen and oxygen atoms in total. The molecule has 0 amide bonds. The number of aromatic nitrogens is 1. The first kappa shape index (κ1) is 9.00. The lowest BCUT2D eigenvalue weighted by Crippen LogP contribution is -2.10. The van der Waals surface area contributed by atoms with E-state index in [0.717, 1.165) is 4.47 Å². The maximum Gasteiger partial charge on any atom is 0.227 e. The van der Waals surface area contributed by atoms with Crippen LogP contribution < -0.4 is 4.74 Å². The number of halogens is 1. The van der Waals surface area contributed by atoms with Gasteiger partial charge in [0.25, 0.3) is 0 Å². The molecule has 13 heavy (non-hydrogen) atoms. The number of hydrogen-bond donors (Lipinski definition) is 0. The van der Waals surface area contributed by atoms with Crippen LogP contribution in [0.2, 0.25) is 0 Å². The summed E-state index contributed by atoms with van der Waals surface area (Å²) in [6.45, 7) is 0. The van der Waals surface area contributed by atoms with Crippen LogP contribution in [0, 0.1) is 0 Å². The molecule has 0 atom stereocenters. The van der Waals surface area contributed by atoms with Crippen molar-refractivity contribution < 1.29 is 4.74 Å². The van der Waals surface area contributed by atoms with Crippen LogP contribution in [0.15, 0.2) is 16.6 Å². The van der Waals surface area contributed by atoms with E-state index in [2.05, 4.69) is 27.0 Å². The molecular weight excluding hydrogens is 230 g/mol. The summed E-state index contributed by atoms with van der Waals surface area (Å²) in [5.41, 5.74) is 1.17. The third-order valence-electron chi connectivity index (χ3n) is 2.55. The number of rotatable bonds is 2. The molecule has 0 aliphatic heterocycles. The van der Waals surface area contributed by atoms with Crippen molar-refractivity contribution in [2.75, 3.05) is 7.11 Å². The van der Waals surface area contributed by atoms with Gasteiger partial charge in [0.05, 0.1) is 11.6 Å². The summed E-state index contributed by atoms with van der Waals surface area (Å²) >= 11 is 3.39. The van der Waals surface area contributed by atoms with Gasteiger partial charge in [0.15, 0.2) is 0 Å². The molecule has 1 heterocycles. The van der Waals surface area contributed by atoms with Crippen molar-refractivity contribution in [3.8, 4) is 5.88 Å². The molecule has 0 bridgehead atoms. The molecule has 70 valence electrons. The van der Waals surface area contributed by atoms with Gasteiger partial charge in [-0.25, -0.2) is 4.98 Å². The monoisotopic (exact) mass is 241 g/mol. The van der Waals surface area contributed by atoms with E-state index < -0.39 is 0 Å². The smallest absolute Gasteiger partial charge is 0.227 e. The van der Waals surface area contributed by atoms with Gasteiger partial charge in [0, 0.05) is 11.6 Å². The minimum atomic E-state index is 0.669. The van der Waals surface area contributed by atoms with E-state index in [0.29, 0.717) is 11.8 Å². The van der Waals surface area contributed by atoms with Crippen LogP contribution in [0.3, 0.4) is 0 Å². The van der Waals surface area contributed by atoms with Crippen LogP contribution in [0.4, 0.5) is 0 Å². The third-order valence-corrected chi connectivity index (χ3v) is 3.16. The fourth-order valence-electron chi connectivity index (χ4n) is 1.51. The number of hydrogen-bond acceptors (Lipinski definition) is 2. The molecule has 1 saturated carbocycles. The summed E-state index contributed by atoms with van der Waals surface area (Å²) in [6, 6.07) is 4.09. The average molecular weight is 242 g/mol. The van der Waals surface area contributed by atoms with Crippen molar-refractivity contribution in [1.82, 2.24) is 4.98 Å². The molecule has 2 rings (SSSR count). The van der Waals surface area contributed by atoms with Gasteiger partial charge in [-0.2, -0.15) is 0 Å². The van der Waals surface area contributed by atoms with Gasteiger partial charge in [-0.15, -0.1) is 0 Å². The van der Waals surface area contributed by atoms with Crippen molar-refractivity contribution in [1.29, 1.82) is 0 Å². The third kappa shape index (κ3) is 1.70. The van der Waals surface area contributed by atoms with Crippen molar-refractivity contribution >= 4 is 15.9 Å². The zero-order valence-electron chi connectivity index (χ0n) is 7.59. The molecule has 0 saturated heterocycles. The van der Waals surface area contributed by atoms with Gasteiger partial charge in [-0.05, 0) is 40.9 Å². The lowest BCUT2D eigenvalue weighted by molar-refractivity contribution is 0.376. The molecule has 0 radical (unpaired) electrons. The fourth-order valence-corrected chi connectivity index (χ4v) is 1.89. The lowest BCUT2D eigenvalue weighted by Gasteiger charge is -2.24. The van der Waals surface area contributed by atoms with Gasteiger partial charge in [-0.1, -0.05) is 6.42 Å². The Morgan fingerprint density at radius 1 is 1.46 bits per heavy atom. The number of ether oxygens (including phenoxy) is 1. The first-order valence-corrected chi connectivity index (χ1v) is 5.31. The minimum Gasteiger partial charge on any atom is -0.480 e. The van der Waals surface area contributed by atoms with E-state index in [-0.39, 0.29) is 0 Å². The molecule has 1 aromatic heterocycles. The van der Waals surface area contributed by atoms with E-state index in [4.69, 9.17) is 4.74 Å². The maximum atomic E-state index is 5.15. The van der Waals surface area contributed by atoms with Crippen molar-refractivity contribution in [3.63, 3.8) is 0 Å². The van der Waals surface area contributed by atoms with Gasteiger partial charge in [-0.3, -0.25) is 0 Å². The highest BCUT2D eigenvalue weighted by Crippen LogP contribution is 2.37. The number of nitrogens with zero attached hydrogens (tertiary/aromatic N) is 1. The molecule has 3 heteroatoms. The molecular formula is C10H12BrNO. The second-order valence-corrected chi connectivity index (χ2v) is 4.21. The summed E-state index contributed by atoms with van der Waals surface area (Å²) < 4.78 is 6.08. The van der Waals surface area contributed by atoms with Gasteiger partial charge >= 0.3 is 0 Å². The highest BCUT2D eigenvalue weighted by atomic mass is 79.9. The van der Waals surface area contributed by atoms with Gasteiger partial charge in [0.1, 0.15) is 0 Å². The standard InChI is InChI=1S/C10H12BrNO/c1-13-10-8(11)5-6-9(12-10)7-3-2-4-7/h5-7H,2-4H2,1H3. The van der Waals surface area contributed by atoms with Gasteiger partial charge in [0.2, 0.25) is 5.88 Å². The van der Waals surface area contributed by atoms with E-state index in [1.165, 1.54) is 25.0 Å². The molecule has 1 fully saturated rings. The zero-order valence-corrected chi connectivity index (χ0v) is 9.17. The van der Waals surface area contributed by atoms with E-state index in [1.54, 1.807) is 7.11 Å². The lowest BCUT2D eigenvalue weighted by atomic mass is 9.83. The first-order chi connectivity index (χ1) is 6.31. The second-order valence-electron chi connectivity index (χ2n) is 3.36. The van der Waals surface area contributed by atoms with E-state index in [9.17, 15) is 0 Å². The highest BCUT2D eigenvalue weighted by molar-refractivity contribution is 9.10. The van der Waals surface area contributed by atoms with Crippen LogP contribution in [-0.2, 0) is 0 Å².